The Morgan fingerprint density at radius 1 is 1.17 bits per heavy atom. The maximum atomic E-state index is 13.7. The minimum absolute atomic E-state index is 0.271. The molecule has 2 aromatic rings. The van der Waals surface area contributed by atoms with Gasteiger partial charge >= 0.3 is 0 Å². The fraction of sp³-hybridized carbons (Fsp3) is 0.200. The molecule has 0 aliphatic carbocycles. The van der Waals surface area contributed by atoms with E-state index in [-0.39, 0.29) is 5.82 Å². The molecule has 94 valence electrons. The van der Waals surface area contributed by atoms with Crippen LogP contribution in [0.3, 0.4) is 0 Å². The molecule has 0 aromatic heterocycles. The summed E-state index contributed by atoms with van der Waals surface area (Å²) in [5, 5.41) is 0.523. The zero-order chi connectivity index (χ0) is 13.2. The molecule has 1 unspecified atom stereocenters. The zero-order valence-corrected chi connectivity index (χ0v) is 10.9. The van der Waals surface area contributed by atoms with Crippen LogP contribution in [-0.2, 0) is 12.0 Å². The first-order valence-corrected chi connectivity index (χ1v) is 6.15. The summed E-state index contributed by atoms with van der Waals surface area (Å²) in [6.07, 6.45) is 0.406. The average molecular weight is 264 g/mol. The maximum absolute atomic E-state index is 13.7. The monoisotopic (exact) mass is 263 g/mol. The molecule has 0 radical (unpaired) electrons. The molecule has 0 bridgehead atoms. The van der Waals surface area contributed by atoms with Gasteiger partial charge in [0.15, 0.2) is 0 Å². The van der Waals surface area contributed by atoms with Gasteiger partial charge in [-0.2, -0.15) is 0 Å². The highest BCUT2D eigenvalue weighted by Gasteiger charge is 2.23. The summed E-state index contributed by atoms with van der Waals surface area (Å²) >= 11 is 5.88. The van der Waals surface area contributed by atoms with Gasteiger partial charge < -0.3 is 5.73 Å². The first-order valence-electron chi connectivity index (χ1n) is 5.77. The van der Waals surface area contributed by atoms with Crippen molar-refractivity contribution < 1.29 is 4.39 Å². The van der Waals surface area contributed by atoms with Gasteiger partial charge in [-0.15, -0.1) is 0 Å². The van der Waals surface area contributed by atoms with E-state index in [0.717, 1.165) is 5.56 Å². The second-order valence-electron chi connectivity index (χ2n) is 4.70. The molecule has 2 aromatic carbocycles. The zero-order valence-electron chi connectivity index (χ0n) is 10.2. The SMILES string of the molecule is CC(N)(Cc1cc(Cl)ccc1F)c1ccccc1. The van der Waals surface area contributed by atoms with Gasteiger partial charge in [0.2, 0.25) is 0 Å². The first kappa shape index (κ1) is 13.1. The van der Waals surface area contributed by atoms with Crippen LogP contribution in [-0.4, -0.2) is 0 Å². The van der Waals surface area contributed by atoms with Crippen molar-refractivity contribution in [2.45, 2.75) is 18.9 Å². The van der Waals surface area contributed by atoms with Crippen LogP contribution in [0.15, 0.2) is 48.5 Å². The van der Waals surface area contributed by atoms with Crippen molar-refractivity contribution in [2.24, 2.45) is 5.73 Å². The van der Waals surface area contributed by atoms with Gasteiger partial charge in [0.25, 0.3) is 0 Å². The molecule has 0 aliphatic rings. The molecule has 0 saturated carbocycles. The first-order chi connectivity index (χ1) is 8.49. The Bertz CT molecular complexity index is 537. The molecular weight excluding hydrogens is 249 g/mol. The predicted molar refractivity (Wildman–Crippen MR) is 73.1 cm³/mol. The lowest BCUT2D eigenvalue weighted by atomic mass is 9.86. The summed E-state index contributed by atoms with van der Waals surface area (Å²) in [5.41, 5.74) is 7.18. The largest absolute Gasteiger partial charge is 0.321 e. The van der Waals surface area contributed by atoms with Crippen LogP contribution < -0.4 is 5.73 Å². The lowest BCUT2D eigenvalue weighted by molar-refractivity contribution is 0.475. The number of halogens is 2. The number of hydrogen-bond donors (Lipinski definition) is 1. The summed E-state index contributed by atoms with van der Waals surface area (Å²) < 4.78 is 13.7. The maximum Gasteiger partial charge on any atom is 0.126 e. The van der Waals surface area contributed by atoms with Crippen LogP contribution in [0.4, 0.5) is 4.39 Å². The van der Waals surface area contributed by atoms with E-state index in [9.17, 15) is 4.39 Å². The molecule has 2 rings (SSSR count). The molecule has 3 heteroatoms. The van der Waals surface area contributed by atoms with Crippen LogP contribution in [0.25, 0.3) is 0 Å². The molecular formula is C15H15ClFN. The van der Waals surface area contributed by atoms with E-state index < -0.39 is 5.54 Å². The second kappa shape index (κ2) is 5.09. The summed E-state index contributed by atoms with van der Waals surface area (Å²) in [6.45, 7) is 1.89. The summed E-state index contributed by atoms with van der Waals surface area (Å²) in [4.78, 5) is 0. The van der Waals surface area contributed by atoms with Gasteiger partial charge in [-0.25, -0.2) is 4.39 Å². The third-order valence-electron chi connectivity index (χ3n) is 3.00. The van der Waals surface area contributed by atoms with Crippen molar-refractivity contribution in [1.82, 2.24) is 0 Å². The molecule has 0 aliphatic heterocycles. The van der Waals surface area contributed by atoms with Gasteiger partial charge in [0, 0.05) is 10.6 Å². The second-order valence-corrected chi connectivity index (χ2v) is 5.13. The molecule has 0 fully saturated rings. The van der Waals surface area contributed by atoms with Gasteiger partial charge in [-0.05, 0) is 42.7 Å². The normalized spacial score (nSPS) is 14.2. The number of rotatable bonds is 3. The van der Waals surface area contributed by atoms with Crippen molar-refractivity contribution in [3.63, 3.8) is 0 Å². The molecule has 0 heterocycles. The molecule has 0 amide bonds. The minimum atomic E-state index is -0.618. The van der Waals surface area contributed by atoms with E-state index in [1.165, 1.54) is 12.1 Å². The highest BCUT2D eigenvalue weighted by atomic mass is 35.5. The van der Waals surface area contributed by atoms with Crippen LogP contribution >= 0.6 is 11.6 Å². The van der Waals surface area contributed by atoms with Crippen molar-refractivity contribution >= 4 is 11.6 Å². The van der Waals surface area contributed by atoms with Crippen molar-refractivity contribution in [3.8, 4) is 0 Å². The molecule has 1 nitrogen and oxygen atoms in total. The lowest BCUT2D eigenvalue weighted by Crippen LogP contribution is -2.35. The predicted octanol–water partition coefficient (Wildman–Crippen LogP) is 3.90. The Hall–Kier alpha value is -1.38. The topological polar surface area (TPSA) is 26.0 Å². The Morgan fingerprint density at radius 2 is 1.83 bits per heavy atom. The van der Waals surface area contributed by atoms with Crippen LogP contribution in [0.1, 0.15) is 18.1 Å². The Labute approximate surface area is 111 Å². The Balaban J connectivity index is 2.30. The summed E-state index contributed by atoms with van der Waals surface area (Å²) in [7, 11) is 0. The minimum Gasteiger partial charge on any atom is -0.321 e. The van der Waals surface area contributed by atoms with Crippen LogP contribution in [0.5, 0.6) is 0 Å². The third-order valence-corrected chi connectivity index (χ3v) is 3.23. The quantitative estimate of drug-likeness (QED) is 0.893. The highest BCUT2D eigenvalue weighted by molar-refractivity contribution is 6.30. The smallest absolute Gasteiger partial charge is 0.126 e. The van der Waals surface area contributed by atoms with Crippen molar-refractivity contribution in [2.75, 3.05) is 0 Å². The number of hydrogen-bond acceptors (Lipinski definition) is 1. The Morgan fingerprint density at radius 3 is 2.50 bits per heavy atom. The van der Waals surface area contributed by atoms with E-state index in [2.05, 4.69) is 0 Å². The van der Waals surface area contributed by atoms with E-state index in [0.29, 0.717) is 17.0 Å². The molecule has 0 saturated heterocycles. The van der Waals surface area contributed by atoms with Gasteiger partial charge in [-0.3, -0.25) is 0 Å². The van der Waals surface area contributed by atoms with Crippen LogP contribution in [0.2, 0.25) is 5.02 Å². The van der Waals surface area contributed by atoms with Gasteiger partial charge in [-0.1, -0.05) is 41.9 Å². The van der Waals surface area contributed by atoms with Crippen molar-refractivity contribution in [1.29, 1.82) is 0 Å². The summed E-state index contributed by atoms with van der Waals surface area (Å²) in [5.74, 6) is -0.271. The lowest BCUT2D eigenvalue weighted by Gasteiger charge is -2.25. The molecule has 18 heavy (non-hydrogen) atoms. The third kappa shape index (κ3) is 2.89. The van der Waals surface area contributed by atoms with E-state index in [1.54, 1.807) is 6.07 Å². The average Bonchev–Trinajstić information content (AvgIpc) is 2.35. The molecule has 0 spiro atoms. The van der Waals surface area contributed by atoms with Gasteiger partial charge in [0.05, 0.1) is 0 Å². The Kier molecular flexibility index (Phi) is 3.69. The fourth-order valence-electron chi connectivity index (χ4n) is 2.00. The van der Waals surface area contributed by atoms with E-state index >= 15 is 0 Å². The fourth-order valence-corrected chi connectivity index (χ4v) is 2.19. The van der Waals surface area contributed by atoms with Crippen molar-refractivity contribution in [3.05, 3.63) is 70.5 Å². The standard InChI is InChI=1S/C15H15ClFN/c1-15(18,12-5-3-2-4-6-12)10-11-9-13(16)7-8-14(11)17/h2-9H,10,18H2,1H3. The molecule has 1 atom stereocenters. The highest BCUT2D eigenvalue weighted by Crippen LogP contribution is 2.25. The number of benzene rings is 2. The summed E-state index contributed by atoms with van der Waals surface area (Å²) in [6, 6.07) is 14.2. The van der Waals surface area contributed by atoms with Crippen LogP contribution in [0, 0.1) is 5.82 Å². The molecule has 2 N–H and O–H groups in total. The van der Waals surface area contributed by atoms with Gasteiger partial charge in [0.1, 0.15) is 5.82 Å². The van der Waals surface area contributed by atoms with E-state index in [4.69, 9.17) is 17.3 Å². The number of nitrogens with two attached hydrogens (primary N) is 1. The van der Waals surface area contributed by atoms with E-state index in [1.807, 2.05) is 37.3 Å².